The number of carbonyl (C=O) groups excluding carboxylic acids is 1. The van der Waals surface area contributed by atoms with Crippen LogP contribution in [0, 0.1) is 17.2 Å². The molecule has 11 heteroatoms. The first-order valence-corrected chi connectivity index (χ1v) is 12.8. The molecule has 2 unspecified atom stereocenters. The molecule has 3 aromatic rings. The van der Waals surface area contributed by atoms with Crippen molar-refractivity contribution >= 4 is 34.5 Å². The molecule has 10 nitrogen and oxygen atoms in total. The molecule has 1 saturated heterocycles. The minimum absolute atomic E-state index is 0.0316. The topological polar surface area (TPSA) is 136 Å². The first kappa shape index (κ1) is 24.4. The van der Waals surface area contributed by atoms with E-state index >= 15 is 0 Å². The zero-order valence-corrected chi connectivity index (χ0v) is 20.7. The summed E-state index contributed by atoms with van der Waals surface area (Å²) in [6.07, 6.45) is 1.78. The second-order valence-corrected chi connectivity index (χ2v) is 9.95. The van der Waals surface area contributed by atoms with E-state index in [9.17, 15) is 15.2 Å². The number of aromatic nitrogens is 3. The summed E-state index contributed by atoms with van der Waals surface area (Å²) >= 11 is 1.49. The van der Waals surface area contributed by atoms with Gasteiger partial charge in [-0.15, -0.1) is 11.8 Å². The smallest absolute Gasteiger partial charge is 0.235 e. The van der Waals surface area contributed by atoms with Crippen molar-refractivity contribution < 1.29 is 14.6 Å². The molecule has 2 aliphatic heterocycles. The summed E-state index contributed by atoms with van der Waals surface area (Å²) in [6.45, 7) is 3.23. The average Bonchev–Trinajstić information content (AvgIpc) is 3.25. The third kappa shape index (κ3) is 5.27. The Morgan fingerprint density at radius 2 is 2.19 bits per heavy atom. The Hall–Kier alpha value is -3.30. The minimum atomic E-state index is -0.437. The lowest BCUT2D eigenvalue weighted by molar-refractivity contribution is -0.113. The number of anilines is 1. The van der Waals surface area contributed by atoms with E-state index in [1.807, 2.05) is 18.2 Å². The molecule has 0 aliphatic carbocycles. The summed E-state index contributed by atoms with van der Waals surface area (Å²) in [5.41, 5.74) is 3.60. The molecule has 5 rings (SSSR count). The molecule has 36 heavy (non-hydrogen) atoms. The normalized spacial score (nSPS) is 19.6. The predicted octanol–water partition coefficient (Wildman–Crippen LogP) is 1.57. The molecule has 1 fully saturated rings. The number of thioether (sulfide) groups is 1. The number of likely N-dealkylation sites (tertiary alicyclic amines) is 1. The maximum absolute atomic E-state index is 11.6. The van der Waals surface area contributed by atoms with E-state index in [0.29, 0.717) is 61.1 Å². The van der Waals surface area contributed by atoms with Gasteiger partial charge >= 0.3 is 0 Å². The summed E-state index contributed by atoms with van der Waals surface area (Å²) in [7, 11) is 1.56. The second-order valence-electron chi connectivity index (χ2n) is 8.94. The molecule has 5 heterocycles. The Labute approximate surface area is 213 Å². The van der Waals surface area contributed by atoms with Gasteiger partial charge < -0.3 is 25.4 Å². The quantitative estimate of drug-likeness (QED) is 0.414. The fraction of sp³-hybridized carbons (Fsp3) is 0.400. The number of aliphatic hydroxyl groups excluding tert-OH is 1. The van der Waals surface area contributed by atoms with E-state index in [0.717, 1.165) is 28.2 Å². The highest BCUT2D eigenvalue weighted by Gasteiger charge is 2.31. The van der Waals surface area contributed by atoms with Crippen LogP contribution in [0.4, 0.5) is 5.82 Å². The largest absolute Gasteiger partial charge is 0.481 e. The lowest BCUT2D eigenvalue weighted by Gasteiger charge is -2.18. The summed E-state index contributed by atoms with van der Waals surface area (Å²) in [6, 6.07) is 9.78. The van der Waals surface area contributed by atoms with Gasteiger partial charge in [0.2, 0.25) is 11.8 Å². The first-order chi connectivity index (χ1) is 17.5. The molecule has 0 radical (unpaired) electrons. The molecule has 0 bridgehead atoms. The van der Waals surface area contributed by atoms with E-state index in [-0.39, 0.29) is 11.8 Å². The summed E-state index contributed by atoms with van der Waals surface area (Å²) in [5.74, 6) is 1.58. The Kier molecular flexibility index (Phi) is 7.29. The lowest BCUT2D eigenvalue weighted by atomic mass is 10.0. The van der Waals surface area contributed by atoms with Crippen LogP contribution < -0.4 is 15.4 Å². The van der Waals surface area contributed by atoms with Crippen molar-refractivity contribution in [2.75, 3.05) is 44.4 Å². The lowest BCUT2D eigenvalue weighted by Crippen LogP contribution is -2.30. The molecule has 2 aliphatic rings. The number of rotatable bonds is 8. The van der Waals surface area contributed by atoms with Crippen LogP contribution in [0.5, 0.6) is 5.88 Å². The predicted molar refractivity (Wildman–Crippen MR) is 136 cm³/mol. The van der Waals surface area contributed by atoms with Crippen LogP contribution in [-0.2, 0) is 17.8 Å². The number of fused-ring (bicyclic) bond motifs is 2. The highest BCUT2D eigenvalue weighted by molar-refractivity contribution is 8.00. The number of ether oxygens (including phenoxy) is 1. The van der Waals surface area contributed by atoms with Crippen molar-refractivity contribution in [3.8, 4) is 11.9 Å². The monoisotopic (exact) mass is 505 g/mol. The van der Waals surface area contributed by atoms with E-state index in [1.165, 1.54) is 11.8 Å². The van der Waals surface area contributed by atoms with Gasteiger partial charge in [-0.25, -0.2) is 9.97 Å². The molecule has 186 valence electrons. The number of amides is 1. The highest BCUT2D eigenvalue weighted by atomic mass is 32.2. The number of pyridine rings is 3. The van der Waals surface area contributed by atoms with Crippen LogP contribution in [0.3, 0.4) is 0 Å². The molecular formula is C25H27N7O3S. The van der Waals surface area contributed by atoms with Crippen molar-refractivity contribution in [2.45, 2.75) is 24.0 Å². The number of β-amino-alcohol motifs (C(OH)–C–C–N with tert-alkyl or cyclic N) is 1. The number of nitrogens with zero attached hydrogens (tertiary/aromatic N) is 5. The van der Waals surface area contributed by atoms with E-state index in [1.54, 1.807) is 19.4 Å². The summed E-state index contributed by atoms with van der Waals surface area (Å²) in [4.78, 5) is 28.2. The molecule has 0 spiro atoms. The van der Waals surface area contributed by atoms with Gasteiger partial charge in [0.1, 0.15) is 11.9 Å². The van der Waals surface area contributed by atoms with Gasteiger partial charge in [0.05, 0.1) is 46.2 Å². The highest BCUT2D eigenvalue weighted by Crippen LogP contribution is 2.29. The number of aliphatic hydroxyl groups is 1. The SMILES string of the molecule is COc1ccc2ncc(C#N)c(CCN3CC(O)C(CNCc4ccc5c(n4)NC(=O)CS5)C3)c2n1. The van der Waals surface area contributed by atoms with Crippen LogP contribution in [0.15, 0.2) is 35.4 Å². The number of nitriles is 1. The number of nitrogens with one attached hydrogen (secondary N) is 2. The number of carbonyl (C=O) groups is 1. The number of methoxy groups -OCH3 is 1. The zero-order valence-electron chi connectivity index (χ0n) is 19.9. The maximum atomic E-state index is 11.6. The number of hydrogen-bond donors (Lipinski definition) is 3. The second kappa shape index (κ2) is 10.8. The standard InChI is InChI=1S/C25H27N7O3S/c1-35-23-5-3-19-24(31-23)18(15(8-26)10-28-19)6-7-32-12-16(20(33)13-32)9-27-11-17-2-4-21-25(29-17)30-22(34)14-36-21/h2-5,10,16,20,27,33H,6-7,9,11-14H2,1H3,(H,29,30,34). The van der Waals surface area contributed by atoms with Crippen molar-refractivity contribution in [3.05, 3.63) is 47.3 Å². The Balaban J connectivity index is 1.17. The van der Waals surface area contributed by atoms with Crippen LogP contribution in [-0.4, -0.2) is 76.0 Å². The molecule has 3 N–H and O–H groups in total. The van der Waals surface area contributed by atoms with Gasteiger partial charge in [-0.3, -0.25) is 9.78 Å². The van der Waals surface area contributed by atoms with Crippen molar-refractivity contribution in [1.29, 1.82) is 5.26 Å². The molecular weight excluding hydrogens is 478 g/mol. The van der Waals surface area contributed by atoms with Crippen molar-refractivity contribution in [3.63, 3.8) is 0 Å². The number of hydrogen-bond acceptors (Lipinski definition) is 10. The minimum Gasteiger partial charge on any atom is -0.481 e. The first-order valence-electron chi connectivity index (χ1n) is 11.8. The third-order valence-corrected chi connectivity index (χ3v) is 7.57. The maximum Gasteiger partial charge on any atom is 0.235 e. The van der Waals surface area contributed by atoms with Crippen molar-refractivity contribution in [2.24, 2.45) is 5.92 Å². The molecule has 2 atom stereocenters. The van der Waals surface area contributed by atoms with E-state index in [2.05, 4.69) is 36.6 Å². The van der Waals surface area contributed by atoms with Crippen LogP contribution >= 0.6 is 11.8 Å². The third-order valence-electron chi connectivity index (χ3n) is 6.53. The van der Waals surface area contributed by atoms with Gasteiger partial charge in [0.15, 0.2) is 0 Å². The average molecular weight is 506 g/mol. The fourth-order valence-corrected chi connectivity index (χ4v) is 5.40. The van der Waals surface area contributed by atoms with Gasteiger partial charge in [0.25, 0.3) is 0 Å². The Morgan fingerprint density at radius 3 is 3.03 bits per heavy atom. The van der Waals surface area contributed by atoms with Crippen LogP contribution in [0.2, 0.25) is 0 Å². The Morgan fingerprint density at radius 1 is 1.31 bits per heavy atom. The van der Waals surface area contributed by atoms with Crippen molar-refractivity contribution in [1.82, 2.24) is 25.2 Å². The fourth-order valence-electron chi connectivity index (χ4n) is 4.65. The van der Waals surface area contributed by atoms with Crippen LogP contribution in [0.25, 0.3) is 11.0 Å². The molecule has 3 aromatic heterocycles. The summed E-state index contributed by atoms with van der Waals surface area (Å²) < 4.78 is 5.26. The molecule has 0 aromatic carbocycles. The van der Waals surface area contributed by atoms with Gasteiger partial charge in [0, 0.05) is 56.5 Å². The van der Waals surface area contributed by atoms with Crippen LogP contribution in [0.1, 0.15) is 16.8 Å². The van der Waals surface area contributed by atoms with E-state index < -0.39 is 6.10 Å². The van der Waals surface area contributed by atoms with Gasteiger partial charge in [-0.05, 0) is 24.6 Å². The summed E-state index contributed by atoms with van der Waals surface area (Å²) in [5, 5.41) is 26.5. The molecule has 0 saturated carbocycles. The van der Waals surface area contributed by atoms with E-state index in [4.69, 9.17) is 4.74 Å². The van der Waals surface area contributed by atoms with Gasteiger partial charge in [-0.1, -0.05) is 0 Å². The zero-order chi connectivity index (χ0) is 25.1. The van der Waals surface area contributed by atoms with Gasteiger partial charge in [-0.2, -0.15) is 5.26 Å². The Bertz CT molecular complexity index is 1330. The molecule has 1 amide bonds.